The number of hydrogen-bond acceptors (Lipinski definition) is 8. The van der Waals surface area contributed by atoms with Gasteiger partial charge < -0.3 is 18.9 Å². The van der Waals surface area contributed by atoms with E-state index in [1.807, 2.05) is 0 Å². The Morgan fingerprint density at radius 1 is 0.646 bits per heavy atom. The Balaban J connectivity index is 1.55. The number of rotatable bonds is 10. The normalized spacial score (nSPS) is 23.5. The van der Waals surface area contributed by atoms with Crippen molar-refractivity contribution in [2.75, 3.05) is 13.2 Å². The Bertz CT molecular complexity index is 1500. The van der Waals surface area contributed by atoms with Gasteiger partial charge >= 0.3 is 23.9 Å². The first-order valence-electron chi connectivity index (χ1n) is 15.7. The monoisotopic (exact) mass is 782 g/mol. The molecule has 48 heavy (non-hydrogen) atoms. The summed E-state index contributed by atoms with van der Waals surface area (Å²) in [5.74, 6) is -6.11. The largest absolute Gasteiger partial charge is 0.462 e. The van der Waals surface area contributed by atoms with Crippen LogP contribution in [0.25, 0.3) is 0 Å². The molecule has 0 N–H and O–H groups in total. The van der Waals surface area contributed by atoms with Crippen molar-refractivity contribution in [2.24, 2.45) is 22.7 Å². The molecule has 0 amide bonds. The molecule has 0 radical (unpaired) electrons. The third-order valence-electron chi connectivity index (χ3n) is 10.2. The third kappa shape index (κ3) is 8.16. The van der Waals surface area contributed by atoms with Crippen LogP contribution in [-0.4, -0.2) is 37.1 Å². The second kappa shape index (κ2) is 15.9. The average molecular weight is 785 g/mol. The highest BCUT2D eigenvalue weighted by atomic mass is 35.5. The number of benzene rings is 2. The van der Waals surface area contributed by atoms with Crippen LogP contribution >= 0.6 is 69.6 Å². The van der Waals surface area contributed by atoms with E-state index < -0.39 is 46.5 Å². The molecule has 14 heteroatoms. The van der Waals surface area contributed by atoms with Gasteiger partial charge in [0.25, 0.3) is 0 Å². The number of ether oxygens (including phenoxy) is 4. The van der Waals surface area contributed by atoms with Gasteiger partial charge in [0.1, 0.15) is 11.1 Å². The van der Waals surface area contributed by atoms with Gasteiger partial charge in [-0.3, -0.25) is 0 Å². The van der Waals surface area contributed by atoms with E-state index in [0.29, 0.717) is 0 Å². The zero-order chi connectivity index (χ0) is 35.6. The van der Waals surface area contributed by atoms with Crippen molar-refractivity contribution < 1.29 is 38.1 Å². The number of halogens is 6. The Kier molecular flexibility index (Phi) is 12.9. The summed E-state index contributed by atoms with van der Waals surface area (Å²) in [5, 5.41) is -1.44. The predicted octanol–water partition coefficient (Wildman–Crippen LogP) is 10.9. The summed E-state index contributed by atoms with van der Waals surface area (Å²) >= 11 is 37.7. The smallest absolute Gasteiger partial charge is 0.423 e. The summed E-state index contributed by atoms with van der Waals surface area (Å²) in [6.45, 7) is 8.63. The quantitative estimate of drug-likeness (QED) is 0.101. The summed E-state index contributed by atoms with van der Waals surface area (Å²) in [6.07, 6.45) is 7.58. The van der Waals surface area contributed by atoms with Crippen LogP contribution in [0.5, 0.6) is 11.5 Å². The lowest BCUT2D eigenvalue weighted by Crippen LogP contribution is -2.29. The van der Waals surface area contributed by atoms with Crippen LogP contribution in [0, 0.1) is 22.7 Å². The molecule has 8 nitrogen and oxygen atoms in total. The lowest BCUT2D eigenvalue weighted by Gasteiger charge is -2.30. The Hall–Kier alpha value is -1.94. The van der Waals surface area contributed by atoms with Gasteiger partial charge in [-0.25, -0.2) is 19.2 Å². The van der Waals surface area contributed by atoms with Crippen LogP contribution in [0.3, 0.4) is 0 Å². The first-order chi connectivity index (χ1) is 22.6. The molecule has 2 saturated carbocycles. The molecule has 2 aliphatic rings. The van der Waals surface area contributed by atoms with E-state index in [4.69, 9.17) is 88.6 Å². The molecule has 0 aromatic heterocycles. The molecule has 0 spiro atoms. The minimum Gasteiger partial charge on any atom is -0.462 e. The number of carbonyl (C=O) groups excluding carboxylic acids is 4. The van der Waals surface area contributed by atoms with Gasteiger partial charge in [-0.1, -0.05) is 123 Å². The molecule has 2 fully saturated rings. The lowest BCUT2D eigenvalue weighted by molar-refractivity contribution is -0.156. The van der Waals surface area contributed by atoms with Gasteiger partial charge in [0.2, 0.25) is 0 Å². The van der Waals surface area contributed by atoms with Crippen LogP contribution < -0.4 is 9.47 Å². The van der Waals surface area contributed by atoms with Gasteiger partial charge in [0, 0.05) is 0 Å². The highest BCUT2D eigenvalue weighted by Crippen LogP contribution is 2.48. The predicted molar refractivity (Wildman–Crippen MR) is 186 cm³/mol. The van der Waals surface area contributed by atoms with Crippen molar-refractivity contribution >= 4 is 93.5 Å². The Morgan fingerprint density at radius 3 is 1.33 bits per heavy atom. The molecule has 0 heterocycles. The molecule has 4 rings (SSSR count). The van der Waals surface area contributed by atoms with Gasteiger partial charge in [0.05, 0.1) is 43.3 Å². The minimum absolute atomic E-state index is 0.00117. The van der Waals surface area contributed by atoms with Gasteiger partial charge in [-0.05, 0) is 60.5 Å². The maximum absolute atomic E-state index is 13.3. The van der Waals surface area contributed by atoms with Crippen molar-refractivity contribution in [2.45, 2.75) is 79.1 Å². The van der Waals surface area contributed by atoms with Crippen LogP contribution in [0.4, 0.5) is 0 Å². The number of esters is 4. The average Bonchev–Trinajstić information content (AvgIpc) is 3.61. The fourth-order valence-electron chi connectivity index (χ4n) is 6.60. The highest BCUT2D eigenvalue weighted by molar-refractivity contribution is 6.47. The van der Waals surface area contributed by atoms with E-state index in [2.05, 4.69) is 27.7 Å². The van der Waals surface area contributed by atoms with E-state index in [9.17, 15) is 19.2 Å². The van der Waals surface area contributed by atoms with Crippen LogP contribution in [0.15, 0.2) is 12.1 Å². The number of carbonyl (C=O) groups is 4. The van der Waals surface area contributed by atoms with Gasteiger partial charge in [-0.2, -0.15) is 0 Å². The maximum Gasteiger partial charge on any atom is 0.423 e. The molecule has 0 bridgehead atoms. The maximum atomic E-state index is 13.3. The summed E-state index contributed by atoms with van der Waals surface area (Å²) in [6, 6.07) is 2.28. The van der Waals surface area contributed by atoms with E-state index in [0.717, 1.165) is 63.5 Å². The summed E-state index contributed by atoms with van der Waals surface area (Å²) in [5.41, 5.74) is -0.902. The summed E-state index contributed by atoms with van der Waals surface area (Å²) in [4.78, 5) is 52.8. The summed E-state index contributed by atoms with van der Waals surface area (Å²) in [7, 11) is 0. The van der Waals surface area contributed by atoms with Crippen molar-refractivity contribution in [3.8, 4) is 11.5 Å². The standard InChI is InChI=1S/C34H36Cl6O8/c1-5-33(3)11-7-9-17(33)15-45-29(41)23-25(39)19(35)13-21(37)27(23)47-31(43)32(44)48-28-22(38)14-20(36)26(40)24(28)30(42)46-16-18-10-8-12-34(18,4)6-2/h13-14,17-18H,5-12,15-16H2,1-4H3. The zero-order valence-electron chi connectivity index (χ0n) is 26.9. The lowest BCUT2D eigenvalue weighted by atomic mass is 9.78. The fourth-order valence-corrected chi connectivity index (χ4v) is 8.04. The molecule has 262 valence electrons. The molecule has 2 aromatic carbocycles. The van der Waals surface area contributed by atoms with Gasteiger partial charge in [-0.15, -0.1) is 0 Å². The first kappa shape index (κ1) is 38.9. The highest BCUT2D eigenvalue weighted by Gasteiger charge is 2.40. The van der Waals surface area contributed by atoms with E-state index in [-0.39, 0.29) is 66.0 Å². The molecule has 0 saturated heterocycles. The number of hydrogen-bond donors (Lipinski definition) is 0. The molecule has 4 unspecified atom stereocenters. The second-order valence-corrected chi connectivity index (χ2v) is 15.3. The third-order valence-corrected chi connectivity index (χ3v) is 12.4. The van der Waals surface area contributed by atoms with Crippen molar-refractivity contribution in [1.82, 2.24) is 0 Å². The van der Waals surface area contributed by atoms with Crippen LogP contribution in [0.1, 0.15) is 99.8 Å². The molecular weight excluding hydrogens is 749 g/mol. The van der Waals surface area contributed by atoms with Crippen LogP contribution in [-0.2, 0) is 19.1 Å². The van der Waals surface area contributed by atoms with E-state index in [1.54, 1.807) is 0 Å². The molecule has 4 atom stereocenters. The second-order valence-electron chi connectivity index (χ2n) is 12.9. The van der Waals surface area contributed by atoms with Crippen molar-refractivity contribution in [3.05, 3.63) is 53.4 Å². The van der Waals surface area contributed by atoms with Crippen molar-refractivity contribution in [1.29, 1.82) is 0 Å². The van der Waals surface area contributed by atoms with Crippen LogP contribution in [0.2, 0.25) is 30.1 Å². The summed E-state index contributed by atoms with van der Waals surface area (Å²) < 4.78 is 21.7. The fraction of sp³-hybridized carbons (Fsp3) is 0.529. The Morgan fingerprint density at radius 2 is 1.00 bits per heavy atom. The minimum atomic E-state index is -1.63. The zero-order valence-corrected chi connectivity index (χ0v) is 31.4. The molecule has 2 aromatic rings. The van der Waals surface area contributed by atoms with Gasteiger partial charge in [0.15, 0.2) is 11.5 Å². The molecule has 0 aliphatic heterocycles. The Labute approximate surface area is 309 Å². The van der Waals surface area contributed by atoms with Crippen molar-refractivity contribution in [3.63, 3.8) is 0 Å². The molecular formula is C34H36Cl6O8. The van der Waals surface area contributed by atoms with E-state index >= 15 is 0 Å². The molecule has 2 aliphatic carbocycles. The van der Waals surface area contributed by atoms with E-state index in [1.165, 1.54) is 0 Å². The SMILES string of the molecule is CCC1(C)CCCC1COC(=O)c1c(Cl)c(Cl)cc(Cl)c1OC(=O)C(=O)Oc1c(Cl)cc(Cl)c(Cl)c1C(=O)OCC1CCCC1(C)CC. The topological polar surface area (TPSA) is 105 Å². The first-order valence-corrected chi connectivity index (χ1v) is 18.0.